The normalized spacial score (nSPS) is 17.8. The Morgan fingerprint density at radius 1 is 1.31 bits per heavy atom. The summed E-state index contributed by atoms with van der Waals surface area (Å²) in [5.74, 6) is 1.43. The summed E-state index contributed by atoms with van der Waals surface area (Å²) in [5.41, 5.74) is 5.13. The van der Waals surface area contributed by atoms with Gasteiger partial charge in [0.25, 0.3) is 5.91 Å². The minimum atomic E-state index is 0.151. The molecule has 1 aliphatic heterocycles. The molecule has 26 heavy (non-hydrogen) atoms. The van der Waals surface area contributed by atoms with Crippen molar-refractivity contribution < 1.29 is 4.79 Å². The Hall–Kier alpha value is -2.56. The van der Waals surface area contributed by atoms with Gasteiger partial charge in [0.05, 0.1) is 16.6 Å². The van der Waals surface area contributed by atoms with Crippen LogP contribution in [0, 0.1) is 13.8 Å². The third-order valence-corrected chi connectivity index (χ3v) is 5.62. The largest absolute Gasteiger partial charge is 0.349 e. The number of nitrogens with one attached hydrogen (secondary N) is 1. The van der Waals surface area contributed by atoms with Crippen molar-refractivity contribution in [1.82, 2.24) is 19.4 Å². The van der Waals surface area contributed by atoms with E-state index in [0.717, 1.165) is 66.3 Å². The molecular formula is C21H26N4O. The van der Waals surface area contributed by atoms with Gasteiger partial charge >= 0.3 is 0 Å². The lowest BCUT2D eigenvalue weighted by atomic mass is 9.96. The Labute approximate surface area is 154 Å². The molecule has 0 radical (unpaired) electrons. The molecule has 1 saturated heterocycles. The lowest BCUT2D eigenvalue weighted by Crippen LogP contribution is -2.39. The zero-order chi connectivity index (χ0) is 18.3. The van der Waals surface area contributed by atoms with Crippen LogP contribution in [0.25, 0.3) is 11.0 Å². The summed E-state index contributed by atoms with van der Waals surface area (Å²) in [7, 11) is 0. The SMILES string of the molecule is CCn1c(C)cc(C(=O)N2CCC[C@@H](c3nc4ccccc4[nH]3)C2)c1C. The van der Waals surface area contributed by atoms with Crippen molar-refractivity contribution in [3.63, 3.8) is 0 Å². The van der Waals surface area contributed by atoms with E-state index < -0.39 is 0 Å². The first-order valence-electron chi connectivity index (χ1n) is 9.49. The highest BCUT2D eigenvalue weighted by Gasteiger charge is 2.29. The Kier molecular flexibility index (Phi) is 4.31. The van der Waals surface area contributed by atoms with Crippen LogP contribution in [0.1, 0.15) is 53.3 Å². The molecule has 2 aromatic heterocycles. The van der Waals surface area contributed by atoms with Gasteiger partial charge in [-0.3, -0.25) is 4.79 Å². The molecule has 1 N–H and O–H groups in total. The molecule has 0 spiro atoms. The quantitative estimate of drug-likeness (QED) is 0.776. The van der Waals surface area contributed by atoms with Crippen LogP contribution in [0.2, 0.25) is 0 Å². The number of nitrogens with zero attached hydrogens (tertiary/aromatic N) is 3. The van der Waals surface area contributed by atoms with Crippen molar-refractivity contribution >= 4 is 16.9 Å². The number of piperidine rings is 1. The van der Waals surface area contributed by atoms with Crippen molar-refractivity contribution in [3.05, 3.63) is 53.1 Å². The maximum atomic E-state index is 13.1. The molecule has 136 valence electrons. The predicted octanol–water partition coefficient (Wildman–Crippen LogP) is 4.02. The molecule has 3 heterocycles. The highest BCUT2D eigenvalue weighted by Crippen LogP contribution is 2.28. The number of rotatable bonds is 3. The Balaban J connectivity index is 1.57. The van der Waals surface area contributed by atoms with E-state index in [1.165, 1.54) is 0 Å². The second-order valence-electron chi connectivity index (χ2n) is 7.26. The maximum absolute atomic E-state index is 13.1. The number of H-pyrrole nitrogens is 1. The Bertz CT molecular complexity index is 919. The number of para-hydroxylation sites is 2. The number of hydrogen-bond donors (Lipinski definition) is 1. The van der Waals surface area contributed by atoms with E-state index in [1.54, 1.807) is 0 Å². The lowest BCUT2D eigenvalue weighted by molar-refractivity contribution is 0.0704. The van der Waals surface area contributed by atoms with E-state index >= 15 is 0 Å². The summed E-state index contributed by atoms with van der Waals surface area (Å²) >= 11 is 0. The molecular weight excluding hydrogens is 324 g/mol. The van der Waals surface area contributed by atoms with Crippen molar-refractivity contribution in [2.45, 2.75) is 46.1 Å². The van der Waals surface area contributed by atoms with Gasteiger partial charge in [0.15, 0.2) is 0 Å². The number of hydrogen-bond acceptors (Lipinski definition) is 2. The van der Waals surface area contributed by atoms with Crippen LogP contribution < -0.4 is 0 Å². The molecule has 1 amide bonds. The van der Waals surface area contributed by atoms with Gasteiger partial charge < -0.3 is 14.5 Å². The summed E-state index contributed by atoms with van der Waals surface area (Å²) in [4.78, 5) is 23.3. The number of carbonyl (C=O) groups excluding carboxylic acids is 1. The van der Waals surface area contributed by atoms with Crippen LogP contribution >= 0.6 is 0 Å². The molecule has 1 atom stereocenters. The van der Waals surface area contributed by atoms with Crippen molar-refractivity contribution in [2.75, 3.05) is 13.1 Å². The fourth-order valence-corrected chi connectivity index (χ4v) is 4.23. The number of imidazole rings is 1. The number of aromatic amines is 1. The summed E-state index contributed by atoms with van der Waals surface area (Å²) in [5, 5.41) is 0. The third-order valence-electron chi connectivity index (χ3n) is 5.62. The zero-order valence-electron chi connectivity index (χ0n) is 15.7. The van der Waals surface area contributed by atoms with Crippen LogP contribution in [0.5, 0.6) is 0 Å². The third kappa shape index (κ3) is 2.81. The summed E-state index contributed by atoms with van der Waals surface area (Å²) < 4.78 is 2.20. The molecule has 5 heteroatoms. The van der Waals surface area contributed by atoms with Crippen LogP contribution in [-0.4, -0.2) is 38.4 Å². The zero-order valence-corrected chi connectivity index (χ0v) is 15.7. The van der Waals surface area contributed by atoms with Gasteiger partial charge in [-0.1, -0.05) is 12.1 Å². The molecule has 1 fully saturated rings. The molecule has 4 rings (SSSR count). The molecule has 1 aliphatic rings. The number of amides is 1. The van der Waals surface area contributed by atoms with Crippen LogP contribution in [0.3, 0.4) is 0 Å². The van der Waals surface area contributed by atoms with Gasteiger partial charge in [0.2, 0.25) is 0 Å². The number of aryl methyl sites for hydroxylation is 1. The topological polar surface area (TPSA) is 53.9 Å². The van der Waals surface area contributed by atoms with Crippen molar-refractivity contribution in [2.24, 2.45) is 0 Å². The second kappa shape index (κ2) is 6.63. The summed E-state index contributed by atoms with van der Waals surface area (Å²) in [6.45, 7) is 8.68. The van der Waals surface area contributed by atoms with E-state index in [1.807, 2.05) is 36.1 Å². The van der Waals surface area contributed by atoms with Gasteiger partial charge in [-0.2, -0.15) is 0 Å². The molecule has 5 nitrogen and oxygen atoms in total. The number of likely N-dealkylation sites (tertiary alicyclic amines) is 1. The first-order valence-corrected chi connectivity index (χ1v) is 9.49. The number of aromatic nitrogens is 3. The minimum absolute atomic E-state index is 0.151. The fraction of sp³-hybridized carbons (Fsp3) is 0.429. The molecule has 0 aliphatic carbocycles. The summed E-state index contributed by atoms with van der Waals surface area (Å²) in [6, 6.07) is 10.1. The van der Waals surface area contributed by atoms with Crippen LogP contribution in [-0.2, 0) is 6.54 Å². The van der Waals surface area contributed by atoms with Gasteiger partial charge in [-0.05, 0) is 51.8 Å². The average molecular weight is 350 g/mol. The minimum Gasteiger partial charge on any atom is -0.349 e. The molecule has 3 aromatic rings. The van der Waals surface area contributed by atoms with Gasteiger partial charge in [0, 0.05) is 36.9 Å². The van der Waals surface area contributed by atoms with Crippen LogP contribution in [0.15, 0.2) is 30.3 Å². The van der Waals surface area contributed by atoms with Gasteiger partial charge in [0.1, 0.15) is 5.82 Å². The van der Waals surface area contributed by atoms with Gasteiger partial charge in [-0.25, -0.2) is 4.98 Å². The van der Waals surface area contributed by atoms with E-state index in [2.05, 4.69) is 29.5 Å². The highest BCUT2D eigenvalue weighted by molar-refractivity contribution is 5.95. The van der Waals surface area contributed by atoms with Crippen molar-refractivity contribution in [1.29, 1.82) is 0 Å². The Morgan fingerprint density at radius 3 is 2.85 bits per heavy atom. The smallest absolute Gasteiger partial charge is 0.255 e. The molecule has 0 unspecified atom stereocenters. The van der Waals surface area contributed by atoms with Crippen LogP contribution in [0.4, 0.5) is 0 Å². The van der Waals surface area contributed by atoms with Crippen molar-refractivity contribution in [3.8, 4) is 0 Å². The number of carbonyl (C=O) groups is 1. The highest BCUT2D eigenvalue weighted by atomic mass is 16.2. The second-order valence-corrected chi connectivity index (χ2v) is 7.26. The summed E-state index contributed by atoms with van der Waals surface area (Å²) in [6.07, 6.45) is 2.08. The maximum Gasteiger partial charge on any atom is 0.255 e. The van der Waals surface area contributed by atoms with E-state index in [-0.39, 0.29) is 11.8 Å². The number of fused-ring (bicyclic) bond motifs is 1. The van der Waals surface area contributed by atoms with E-state index in [0.29, 0.717) is 0 Å². The molecule has 1 aromatic carbocycles. The molecule has 0 saturated carbocycles. The lowest BCUT2D eigenvalue weighted by Gasteiger charge is -2.32. The van der Waals surface area contributed by atoms with E-state index in [4.69, 9.17) is 4.98 Å². The fourth-order valence-electron chi connectivity index (χ4n) is 4.23. The first kappa shape index (κ1) is 16.9. The average Bonchev–Trinajstić information content (AvgIpc) is 3.22. The van der Waals surface area contributed by atoms with Gasteiger partial charge in [-0.15, -0.1) is 0 Å². The monoisotopic (exact) mass is 350 g/mol. The first-order chi connectivity index (χ1) is 12.6. The van der Waals surface area contributed by atoms with E-state index in [9.17, 15) is 4.79 Å². The molecule has 0 bridgehead atoms. The Morgan fingerprint density at radius 2 is 2.12 bits per heavy atom. The standard InChI is InChI=1S/C21H26N4O/c1-4-25-14(2)12-17(15(25)3)21(26)24-11-7-8-16(13-24)20-22-18-9-5-6-10-19(18)23-20/h5-6,9-10,12,16H,4,7-8,11,13H2,1-3H3,(H,22,23)/t16-/m1/s1. The predicted molar refractivity (Wildman–Crippen MR) is 104 cm³/mol. The number of benzene rings is 1.